The fourth-order valence-corrected chi connectivity index (χ4v) is 3.49. The van der Waals surface area contributed by atoms with Gasteiger partial charge in [-0.3, -0.25) is 10.3 Å². The molecule has 2 aromatic rings. The van der Waals surface area contributed by atoms with Gasteiger partial charge in [-0.05, 0) is 24.6 Å². The van der Waals surface area contributed by atoms with Gasteiger partial charge in [0.05, 0.1) is 44.0 Å². The molecule has 1 N–H and O–H groups in total. The van der Waals surface area contributed by atoms with Gasteiger partial charge in [-0.1, -0.05) is 12.1 Å². The Morgan fingerprint density at radius 3 is 2.61 bits per heavy atom. The molecule has 0 amide bonds. The van der Waals surface area contributed by atoms with Crippen LogP contribution >= 0.6 is 0 Å². The van der Waals surface area contributed by atoms with Crippen LogP contribution in [0.5, 0.6) is 6.01 Å². The van der Waals surface area contributed by atoms with Crippen molar-refractivity contribution >= 4 is 17.7 Å². The average molecular weight is 427 g/mol. The van der Waals surface area contributed by atoms with E-state index in [1.54, 1.807) is 6.21 Å². The van der Waals surface area contributed by atoms with Crippen LogP contribution in [0.1, 0.15) is 11.3 Å². The number of morpholine rings is 2. The molecule has 9 nitrogen and oxygen atoms in total. The number of aryl methyl sites for hydroxylation is 1. The first-order valence-corrected chi connectivity index (χ1v) is 10.8. The highest BCUT2D eigenvalue weighted by molar-refractivity contribution is 5.79. The average Bonchev–Trinajstić information content (AvgIpc) is 2.80. The van der Waals surface area contributed by atoms with Crippen molar-refractivity contribution in [1.82, 2.24) is 14.9 Å². The van der Waals surface area contributed by atoms with Gasteiger partial charge in [-0.25, -0.2) is 0 Å². The van der Waals surface area contributed by atoms with E-state index in [2.05, 4.69) is 43.3 Å². The quantitative estimate of drug-likeness (QED) is 0.505. The Hall–Kier alpha value is -2.75. The second kappa shape index (κ2) is 11.0. The fourth-order valence-electron chi connectivity index (χ4n) is 3.49. The zero-order chi connectivity index (χ0) is 21.3. The third-order valence-corrected chi connectivity index (χ3v) is 5.20. The smallest absolute Gasteiger partial charge is 0.319 e. The molecule has 9 heteroatoms. The van der Waals surface area contributed by atoms with E-state index in [0.717, 1.165) is 57.4 Å². The molecular formula is C22H30N6O3. The number of rotatable bonds is 8. The Labute approximate surface area is 183 Å². The van der Waals surface area contributed by atoms with E-state index in [-0.39, 0.29) is 0 Å². The van der Waals surface area contributed by atoms with Gasteiger partial charge in [0.1, 0.15) is 12.4 Å². The van der Waals surface area contributed by atoms with Gasteiger partial charge >= 0.3 is 6.01 Å². The summed E-state index contributed by atoms with van der Waals surface area (Å²) in [6.07, 6.45) is 1.70. The van der Waals surface area contributed by atoms with Gasteiger partial charge in [-0.15, -0.1) is 0 Å². The van der Waals surface area contributed by atoms with Gasteiger partial charge in [0, 0.05) is 38.8 Å². The molecule has 166 valence electrons. The van der Waals surface area contributed by atoms with E-state index in [1.807, 2.05) is 24.3 Å². The summed E-state index contributed by atoms with van der Waals surface area (Å²) in [4.78, 5) is 13.7. The molecule has 0 radical (unpaired) electrons. The Balaban J connectivity index is 1.43. The Bertz CT molecular complexity index is 866. The predicted octanol–water partition coefficient (Wildman–Crippen LogP) is 1.78. The van der Waals surface area contributed by atoms with E-state index in [4.69, 9.17) is 14.2 Å². The number of ether oxygens (including phenoxy) is 3. The number of hydrazone groups is 1. The van der Waals surface area contributed by atoms with Gasteiger partial charge in [-0.2, -0.15) is 15.1 Å². The highest BCUT2D eigenvalue weighted by Crippen LogP contribution is 2.17. The van der Waals surface area contributed by atoms with Crippen molar-refractivity contribution in [3.63, 3.8) is 0 Å². The van der Waals surface area contributed by atoms with E-state index < -0.39 is 0 Å². The number of hydrogen-bond donors (Lipinski definition) is 1. The van der Waals surface area contributed by atoms with Crippen molar-refractivity contribution < 1.29 is 14.2 Å². The number of benzene rings is 1. The lowest BCUT2D eigenvalue weighted by Gasteiger charge is -2.28. The third-order valence-electron chi connectivity index (χ3n) is 5.20. The summed E-state index contributed by atoms with van der Waals surface area (Å²) in [6, 6.07) is 10.4. The van der Waals surface area contributed by atoms with E-state index in [1.165, 1.54) is 5.56 Å². The van der Waals surface area contributed by atoms with Crippen LogP contribution in [-0.2, 0) is 9.47 Å². The zero-order valence-electron chi connectivity index (χ0n) is 18.0. The Morgan fingerprint density at radius 2 is 1.84 bits per heavy atom. The number of nitrogens with one attached hydrogen (secondary N) is 1. The summed E-state index contributed by atoms with van der Waals surface area (Å²) in [6.45, 7) is 9.79. The predicted molar refractivity (Wildman–Crippen MR) is 120 cm³/mol. The van der Waals surface area contributed by atoms with Gasteiger partial charge in [0.15, 0.2) is 0 Å². The first-order chi connectivity index (χ1) is 15.3. The lowest BCUT2D eigenvalue weighted by molar-refractivity contribution is 0.0317. The molecule has 0 spiro atoms. The molecule has 31 heavy (non-hydrogen) atoms. The number of hydrogen-bond acceptors (Lipinski definition) is 9. The molecule has 1 aromatic heterocycles. The van der Waals surface area contributed by atoms with Crippen LogP contribution in [-0.4, -0.2) is 86.8 Å². The van der Waals surface area contributed by atoms with Crippen LogP contribution < -0.4 is 15.1 Å². The summed E-state index contributed by atoms with van der Waals surface area (Å²) in [5.74, 6) is 0.830. The molecular weight excluding hydrogens is 396 g/mol. The van der Waals surface area contributed by atoms with Crippen molar-refractivity contribution in [2.75, 3.05) is 76.1 Å². The molecule has 0 unspecified atom stereocenters. The highest BCUT2D eigenvalue weighted by Gasteiger charge is 2.16. The minimum Gasteiger partial charge on any atom is -0.462 e. The first kappa shape index (κ1) is 21.5. The molecule has 2 aliphatic heterocycles. The first-order valence-electron chi connectivity index (χ1n) is 10.8. The van der Waals surface area contributed by atoms with Gasteiger partial charge in [0.25, 0.3) is 0 Å². The normalized spacial score (nSPS) is 17.8. The maximum Gasteiger partial charge on any atom is 0.319 e. The topological polar surface area (TPSA) is 84.3 Å². The lowest BCUT2D eigenvalue weighted by Crippen LogP contribution is -2.39. The Morgan fingerprint density at radius 1 is 1.06 bits per heavy atom. The van der Waals surface area contributed by atoms with Gasteiger partial charge < -0.3 is 19.1 Å². The molecule has 2 aliphatic rings. The molecule has 2 saturated heterocycles. The Kier molecular flexibility index (Phi) is 7.65. The van der Waals surface area contributed by atoms with E-state index in [9.17, 15) is 0 Å². The molecule has 0 atom stereocenters. The summed E-state index contributed by atoms with van der Waals surface area (Å²) in [5, 5.41) is 4.35. The third kappa shape index (κ3) is 6.61. The highest BCUT2D eigenvalue weighted by atomic mass is 16.5. The van der Waals surface area contributed by atoms with Crippen molar-refractivity contribution in [2.24, 2.45) is 5.10 Å². The van der Waals surface area contributed by atoms with Crippen molar-refractivity contribution in [2.45, 2.75) is 6.92 Å². The standard InChI is InChI=1S/C22H30N6O3/c1-18-3-2-4-19(15-18)26-23-17-20-16-21(28-8-12-30-13-9-28)25-22(24-20)31-14-7-27-5-10-29-11-6-27/h2-4,15-17,26H,5-14H2,1H3. The molecule has 0 saturated carbocycles. The summed E-state index contributed by atoms with van der Waals surface area (Å²) in [7, 11) is 0. The fraction of sp³-hybridized carbons (Fsp3) is 0.500. The van der Waals surface area contributed by atoms with Crippen molar-refractivity contribution in [1.29, 1.82) is 0 Å². The van der Waals surface area contributed by atoms with Crippen LogP contribution in [0.25, 0.3) is 0 Å². The van der Waals surface area contributed by atoms with Crippen LogP contribution in [0.4, 0.5) is 11.5 Å². The second-order valence-corrected chi connectivity index (χ2v) is 7.57. The van der Waals surface area contributed by atoms with E-state index in [0.29, 0.717) is 31.5 Å². The molecule has 2 fully saturated rings. The maximum atomic E-state index is 5.92. The molecule has 1 aromatic carbocycles. The van der Waals surface area contributed by atoms with Crippen molar-refractivity contribution in [3.8, 4) is 6.01 Å². The largest absolute Gasteiger partial charge is 0.462 e. The van der Waals surface area contributed by atoms with Crippen LogP contribution in [0.2, 0.25) is 0 Å². The second-order valence-electron chi connectivity index (χ2n) is 7.57. The van der Waals surface area contributed by atoms with Crippen molar-refractivity contribution in [3.05, 3.63) is 41.6 Å². The summed E-state index contributed by atoms with van der Waals surface area (Å²) < 4.78 is 16.8. The zero-order valence-corrected chi connectivity index (χ0v) is 18.0. The SMILES string of the molecule is Cc1cccc(NN=Cc2cc(N3CCOCC3)nc(OCCN3CCOCC3)n2)c1. The molecule has 0 bridgehead atoms. The number of anilines is 2. The summed E-state index contributed by atoms with van der Waals surface area (Å²) in [5.41, 5.74) is 5.85. The van der Waals surface area contributed by atoms with Gasteiger partial charge in [0.2, 0.25) is 0 Å². The molecule has 3 heterocycles. The van der Waals surface area contributed by atoms with Crippen LogP contribution in [0, 0.1) is 6.92 Å². The minimum absolute atomic E-state index is 0.370. The minimum atomic E-state index is 0.370. The van der Waals surface area contributed by atoms with Crippen LogP contribution in [0.3, 0.4) is 0 Å². The molecule has 0 aliphatic carbocycles. The monoisotopic (exact) mass is 426 g/mol. The number of aromatic nitrogens is 2. The maximum absolute atomic E-state index is 5.92. The summed E-state index contributed by atoms with van der Waals surface area (Å²) >= 11 is 0. The lowest BCUT2D eigenvalue weighted by atomic mass is 10.2. The van der Waals surface area contributed by atoms with Crippen LogP contribution in [0.15, 0.2) is 35.4 Å². The van der Waals surface area contributed by atoms with E-state index >= 15 is 0 Å². The number of nitrogens with zero attached hydrogens (tertiary/aromatic N) is 5. The molecule has 4 rings (SSSR count).